The van der Waals surface area contributed by atoms with E-state index in [1.54, 1.807) is 17.8 Å². The van der Waals surface area contributed by atoms with Gasteiger partial charge in [0.1, 0.15) is 10.8 Å². The summed E-state index contributed by atoms with van der Waals surface area (Å²) in [5.74, 6) is 2.50. The molecule has 2 aromatic heterocycles. The Balaban J connectivity index is 1.65. The second kappa shape index (κ2) is 9.84. The van der Waals surface area contributed by atoms with E-state index >= 15 is 0 Å². The maximum absolute atomic E-state index is 13.4. The molecule has 1 fully saturated rings. The van der Waals surface area contributed by atoms with Crippen molar-refractivity contribution in [1.82, 2.24) is 9.55 Å². The molecule has 2 heterocycles. The predicted molar refractivity (Wildman–Crippen MR) is 139 cm³/mol. The van der Waals surface area contributed by atoms with Gasteiger partial charge in [0.25, 0.3) is 0 Å². The minimum absolute atomic E-state index is 0.00857. The molecule has 0 atom stereocenters. The first-order valence-electron chi connectivity index (χ1n) is 11.8. The molecule has 4 nitrogen and oxygen atoms in total. The number of rotatable bonds is 6. The van der Waals surface area contributed by atoms with Gasteiger partial charge in [-0.2, -0.15) is 0 Å². The summed E-state index contributed by atoms with van der Waals surface area (Å²) in [6, 6.07) is 23.9. The first kappa shape index (κ1) is 21.8. The summed E-state index contributed by atoms with van der Waals surface area (Å²) in [6.07, 6.45) is 6.57. The van der Waals surface area contributed by atoms with Crippen LogP contribution in [0.4, 0.5) is 11.5 Å². The standard InChI is InChI=1S/C28H29N3OS/c1-20-17-24-27(28(29-20)33-19-21-11-5-2-6-12-21)25(32)18-26(30-22-13-7-3-8-14-22)31(24)23-15-9-4-10-16-23/h3-4,7-10,13-18,21,30H,2,5-6,11-12,19H2,1H3. The van der Waals surface area contributed by atoms with Crippen molar-refractivity contribution in [2.75, 3.05) is 11.1 Å². The number of para-hydroxylation sites is 2. The van der Waals surface area contributed by atoms with Crippen LogP contribution in [-0.2, 0) is 0 Å². The first-order chi connectivity index (χ1) is 16.2. The SMILES string of the molecule is Cc1cc2c(c(SCC3CCCCC3)n1)c(=O)cc(Nc1ccccc1)n2-c1ccccc1. The summed E-state index contributed by atoms with van der Waals surface area (Å²) in [5.41, 5.74) is 3.78. The van der Waals surface area contributed by atoms with Crippen LogP contribution in [0.3, 0.4) is 0 Å². The lowest BCUT2D eigenvalue weighted by atomic mass is 9.91. The number of benzene rings is 2. The molecule has 0 amide bonds. The highest BCUT2D eigenvalue weighted by Crippen LogP contribution is 2.34. The molecular weight excluding hydrogens is 426 g/mol. The first-order valence-corrected chi connectivity index (χ1v) is 12.8. The number of fused-ring (bicyclic) bond motifs is 1. The number of hydrogen-bond acceptors (Lipinski definition) is 4. The van der Waals surface area contributed by atoms with E-state index in [-0.39, 0.29) is 5.43 Å². The topological polar surface area (TPSA) is 46.9 Å². The Kier molecular flexibility index (Phi) is 6.49. The summed E-state index contributed by atoms with van der Waals surface area (Å²) < 4.78 is 2.14. The van der Waals surface area contributed by atoms with Crippen molar-refractivity contribution in [2.45, 2.75) is 44.1 Å². The van der Waals surface area contributed by atoms with Crippen LogP contribution < -0.4 is 10.7 Å². The maximum Gasteiger partial charge on any atom is 0.194 e. The third-order valence-electron chi connectivity index (χ3n) is 6.33. The van der Waals surface area contributed by atoms with Crippen LogP contribution in [0.25, 0.3) is 16.6 Å². The van der Waals surface area contributed by atoms with Gasteiger partial charge in [0, 0.05) is 28.9 Å². The second-order valence-corrected chi connectivity index (χ2v) is 9.84. The van der Waals surface area contributed by atoms with Crippen molar-refractivity contribution >= 4 is 34.2 Å². The Morgan fingerprint density at radius 3 is 2.39 bits per heavy atom. The molecule has 5 heteroatoms. The van der Waals surface area contributed by atoms with Gasteiger partial charge in [0.2, 0.25) is 0 Å². The van der Waals surface area contributed by atoms with Crippen molar-refractivity contribution in [2.24, 2.45) is 5.92 Å². The van der Waals surface area contributed by atoms with E-state index in [9.17, 15) is 4.79 Å². The average Bonchev–Trinajstić information content (AvgIpc) is 2.84. The minimum atomic E-state index is 0.00857. The third kappa shape index (κ3) is 4.83. The molecule has 1 aliphatic carbocycles. The summed E-state index contributed by atoms with van der Waals surface area (Å²) in [5, 5.41) is 5.03. The van der Waals surface area contributed by atoms with E-state index in [4.69, 9.17) is 4.98 Å². The van der Waals surface area contributed by atoms with Crippen LogP contribution in [0, 0.1) is 12.8 Å². The van der Waals surface area contributed by atoms with Crippen molar-refractivity contribution < 1.29 is 0 Å². The van der Waals surface area contributed by atoms with Gasteiger partial charge in [-0.05, 0) is 56.0 Å². The van der Waals surface area contributed by atoms with Gasteiger partial charge in [0.15, 0.2) is 5.43 Å². The van der Waals surface area contributed by atoms with Crippen molar-refractivity contribution in [1.29, 1.82) is 0 Å². The lowest BCUT2D eigenvalue weighted by Gasteiger charge is -2.22. The van der Waals surface area contributed by atoms with E-state index in [1.807, 2.05) is 61.5 Å². The molecular formula is C28H29N3OS. The van der Waals surface area contributed by atoms with Gasteiger partial charge in [-0.3, -0.25) is 9.36 Å². The minimum Gasteiger partial charge on any atom is -0.341 e. The molecule has 5 rings (SSSR count). The van der Waals surface area contributed by atoms with E-state index in [0.29, 0.717) is 5.39 Å². The largest absolute Gasteiger partial charge is 0.341 e. The highest BCUT2D eigenvalue weighted by molar-refractivity contribution is 7.99. The number of nitrogens with zero attached hydrogens (tertiary/aromatic N) is 2. The fourth-order valence-electron chi connectivity index (χ4n) is 4.70. The van der Waals surface area contributed by atoms with Crippen LogP contribution in [0.15, 0.2) is 82.6 Å². The monoisotopic (exact) mass is 455 g/mol. The van der Waals surface area contributed by atoms with Crippen LogP contribution >= 0.6 is 11.8 Å². The zero-order chi connectivity index (χ0) is 22.6. The number of aryl methyl sites for hydroxylation is 1. The van der Waals surface area contributed by atoms with Gasteiger partial charge in [0.05, 0.1) is 10.9 Å². The Hall–Kier alpha value is -3.05. The lowest BCUT2D eigenvalue weighted by molar-refractivity contribution is 0.391. The zero-order valence-corrected chi connectivity index (χ0v) is 19.8. The fourth-order valence-corrected chi connectivity index (χ4v) is 5.98. The third-order valence-corrected chi connectivity index (χ3v) is 7.54. The number of hydrogen-bond donors (Lipinski definition) is 1. The lowest BCUT2D eigenvalue weighted by Crippen LogP contribution is -2.15. The number of nitrogens with one attached hydrogen (secondary N) is 1. The van der Waals surface area contributed by atoms with Gasteiger partial charge in [-0.1, -0.05) is 55.7 Å². The van der Waals surface area contributed by atoms with E-state index < -0.39 is 0 Å². The predicted octanol–water partition coefficient (Wildman–Crippen LogP) is 7.11. The van der Waals surface area contributed by atoms with Crippen LogP contribution in [-0.4, -0.2) is 15.3 Å². The average molecular weight is 456 g/mol. The number of anilines is 2. The van der Waals surface area contributed by atoms with Crippen molar-refractivity contribution in [3.63, 3.8) is 0 Å². The smallest absolute Gasteiger partial charge is 0.194 e. The highest BCUT2D eigenvalue weighted by atomic mass is 32.2. The normalized spacial score (nSPS) is 14.5. The Bertz CT molecular complexity index is 1300. The molecule has 168 valence electrons. The van der Waals surface area contributed by atoms with Crippen molar-refractivity contribution in [3.05, 3.63) is 88.7 Å². The molecule has 0 aliphatic heterocycles. The van der Waals surface area contributed by atoms with Crippen molar-refractivity contribution in [3.8, 4) is 5.69 Å². The second-order valence-electron chi connectivity index (χ2n) is 8.83. The summed E-state index contributed by atoms with van der Waals surface area (Å²) in [6.45, 7) is 2.02. The molecule has 1 saturated carbocycles. The zero-order valence-electron chi connectivity index (χ0n) is 19.0. The molecule has 0 saturated heterocycles. The number of pyridine rings is 2. The molecule has 0 spiro atoms. The van der Waals surface area contributed by atoms with E-state index in [1.165, 1.54) is 32.1 Å². The number of thioether (sulfide) groups is 1. The maximum atomic E-state index is 13.4. The molecule has 33 heavy (non-hydrogen) atoms. The van der Waals surface area contributed by atoms with Gasteiger partial charge < -0.3 is 5.32 Å². The fraction of sp³-hybridized carbons (Fsp3) is 0.286. The molecule has 0 unspecified atom stereocenters. The van der Waals surface area contributed by atoms with Gasteiger partial charge >= 0.3 is 0 Å². The van der Waals surface area contributed by atoms with Gasteiger partial charge in [-0.15, -0.1) is 11.8 Å². The van der Waals surface area contributed by atoms with Crippen LogP contribution in [0.2, 0.25) is 0 Å². The Morgan fingerprint density at radius 2 is 1.67 bits per heavy atom. The molecule has 4 aromatic rings. The van der Waals surface area contributed by atoms with E-state index in [2.05, 4.69) is 22.0 Å². The molecule has 0 radical (unpaired) electrons. The highest BCUT2D eigenvalue weighted by Gasteiger charge is 2.19. The summed E-state index contributed by atoms with van der Waals surface area (Å²) in [4.78, 5) is 18.3. The van der Waals surface area contributed by atoms with Crippen LogP contribution in [0.5, 0.6) is 0 Å². The molecule has 0 bridgehead atoms. The van der Waals surface area contributed by atoms with E-state index in [0.717, 1.165) is 45.1 Å². The Morgan fingerprint density at radius 1 is 0.970 bits per heavy atom. The molecule has 1 aliphatic rings. The number of aromatic nitrogens is 2. The molecule has 1 N–H and O–H groups in total. The summed E-state index contributed by atoms with van der Waals surface area (Å²) >= 11 is 1.75. The van der Waals surface area contributed by atoms with Crippen LogP contribution in [0.1, 0.15) is 37.8 Å². The Labute approximate surface area is 199 Å². The summed E-state index contributed by atoms with van der Waals surface area (Å²) in [7, 11) is 0. The molecule has 2 aromatic carbocycles. The van der Waals surface area contributed by atoms with Gasteiger partial charge in [-0.25, -0.2) is 4.98 Å². The quantitative estimate of drug-likeness (QED) is 0.315.